The number of fused-ring (bicyclic) bond motifs is 1. The summed E-state index contributed by atoms with van der Waals surface area (Å²) in [5.74, 6) is 0.257. The molecule has 0 saturated heterocycles. The number of rotatable bonds is 0. The van der Waals surface area contributed by atoms with Crippen LogP contribution in [0.4, 0.5) is 0 Å². The summed E-state index contributed by atoms with van der Waals surface area (Å²) in [5.41, 5.74) is 0.796. The van der Waals surface area contributed by atoms with Gasteiger partial charge in [0.2, 0.25) is 0 Å². The zero-order chi connectivity index (χ0) is 8.72. The van der Waals surface area contributed by atoms with Crippen LogP contribution >= 0.6 is 15.9 Å². The molecule has 2 aromatic rings. The summed E-state index contributed by atoms with van der Waals surface area (Å²) in [6, 6.07) is 3.53. The van der Waals surface area contributed by atoms with Gasteiger partial charge in [0.05, 0.1) is 10.9 Å². The number of aromatic hydroxyl groups is 1. The van der Waals surface area contributed by atoms with E-state index in [1.807, 2.05) is 13.1 Å². The van der Waals surface area contributed by atoms with Gasteiger partial charge in [-0.05, 0) is 12.1 Å². The van der Waals surface area contributed by atoms with E-state index in [4.69, 9.17) is 0 Å². The molecule has 2 rings (SSSR count). The summed E-state index contributed by atoms with van der Waals surface area (Å²) in [6.45, 7) is 0. The van der Waals surface area contributed by atoms with E-state index in [2.05, 4.69) is 21.0 Å². The minimum atomic E-state index is 0.257. The van der Waals surface area contributed by atoms with Crippen molar-refractivity contribution in [2.75, 3.05) is 0 Å². The molecule has 1 heterocycles. The van der Waals surface area contributed by atoms with E-state index in [9.17, 15) is 5.11 Å². The predicted molar refractivity (Wildman–Crippen MR) is 50.1 cm³/mol. The second kappa shape index (κ2) is 2.48. The standard InChI is InChI=1S/C8H7BrN2O/c1-11-4-6-7(10-11)2-5(9)3-8(6)12/h2-4,12H,1H3. The molecule has 0 atom stereocenters. The summed E-state index contributed by atoms with van der Waals surface area (Å²) in [7, 11) is 1.83. The van der Waals surface area contributed by atoms with Gasteiger partial charge in [0.1, 0.15) is 5.75 Å². The fraction of sp³-hybridized carbons (Fsp3) is 0.125. The Balaban J connectivity index is 2.88. The lowest BCUT2D eigenvalue weighted by molar-refractivity contribution is 0.481. The van der Waals surface area contributed by atoms with Crippen molar-refractivity contribution < 1.29 is 5.11 Å². The summed E-state index contributed by atoms with van der Waals surface area (Å²) in [5, 5.41) is 14.4. The smallest absolute Gasteiger partial charge is 0.127 e. The molecular weight excluding hydrogens is 220 g/mol. The lowest BCUT2D eigenvalue weighted by Gasteiger charge is -1.93. The van der Waals surface area contributed by atoms with Gasteiger partial charge in [-0.2, -0.15) is 5.10 Å². The molecule has 0 aliphatic carbocycles. The first kappa shape index (κ1) is 7.61. The minimum Gasteiger partial charge on any atom is -0.507 e. The fourth-order valence-corrected chi connectivity index (χ4v) is 1.62. The summed E-state index contributed by atoms with van der Waals surface area (Å²) in [6.07, 6.45) is 1.79. The summed E-state index contributed by atoms with van der Waals surface area (Å²) < 4.78 is 2.52. The zero-order valence-corrected chi connectivity index (χ0v) is 8.04. The van der Waals surface area contributed by atoms with Gasteiger partial charge in [0.15, 0.2) is 0 Å². The maximum Gasteiger partial charge on any atom is 0.127 e. The number of aromatic nitrogens is 2. The highest BCUT2D eigenvalue weighted by Gasteiger charge is 2.04. The SMILES string of the molecule is Cn1cc2c(O)cc(Br)cc2n1. The Labute approximate surface area is 77.7 Å². The number of halogens is 1. The van der Waals surface area contributed by atoms with Gasteiger partial charge in [-0.1, -0.05) is 15.9 Å². The predicted octanol–water partition coefficient (Wildman–Crippen LogP) is 2.04. The van der Waals surface area contributed by atoms with Crippen molar-refractivity contribution >= 4 is 26.8 Å². The van der Waals surface area contributed by atoms with Gasteiger partial charge in [-0.25, -0.2) is 0 Å². The molecule has 3 nitrogen and oxygen atoms in total. The highest BCUT2D eigenvalue weighted by molar-refractivity contribution is 9.10. The molecule has 0 amide bonds. The number of phenols is 1. The minimum absolute atomic E-state index is 0.257. The Kier molecular flexibility index (Phi) is 1.58. The van der Waals surface area contributed by atoms with Gasteiger partial charge < -0.3 is 5.11 Å². The topological polar surface area (TPSA) is 38.0 Å². The number of hydrogen-bond donors (Lipinski definition) is 1. The van der Waals surface area contributed by atoms with E-state index in [0.29, 0.717) is 0 Å². The molecule has 0 radical (unpaired) electrons. The van der Waals surface area contributed by atoms with Crippen molar-refractivity contribution in [2.45, 2.75) is 0 Å². The highest BCUT2D eigenvalue weighted by atomic mass is 79.9. The molecule has 0 aliphatic heterocycles. The van der Waals surface area contributed by atoms with Crippen molar-refractivity contribution in [1.29, 1.82) is 0 Å². The summed E-state index contributed by atoms with van der Waals surface area (Å²) in [4.78, 5) is 0. The fourth-order valence-electron chi connectivity index (χ4n) is 1.19. The van der Waals surface area contributed by atoms with E-state index in [0.717, 1.165) is 15.4 Å². The maximum atomic E-state index is 9.48. The van der Waals surface area contributed by atoms with Crippen molar-refractivity contribution in [3.63, 3.8) is 0 Å². The van der Waals surface area contributed by atoms with Gasteiger partial charge in [-0.15, -0.1) is 0 Å². The van der Waals surface area contributed by atoms with Crippen LogP contribution < -0.4 is 0 Å². The molecule has 0 fully saturated rings. The van der Waals surface area contributed by atoms with Crippen molar-refractivity contribution in [1.82, 2.24) is 9.78 Å². The first-order valence-electron chi connectivity index (χ1n) is 3.48. The molecule has 1 N–H and O–H groups in total. The number of nitrogens with zero attached hydrogens (tertiary/aromatic N) is 2. The third-order valence-electron chi connectivity index (χ3n) is 1.68. The van der Waals surface area contributed by atoms with Crippen LogP contribution in [0.2, 0.25) is 0 Å². The highest BCUT2D eigenvalue weighted by Crippen LogP contribution is 2.27. The second-order valence-corrected chi connectivity index (χ2v) is 3.58. The van der Waals surface area contributed by atoms with E-state index in [1.54, 1.807) is 16.9 Å². The van der Waals surface area contributed by atoms with Crippen molar-refractivity contribution in [3.05, 3.63) is 22.8 Å². The lowest BCUT2D eigenvalue weighted by Crippen LogP contribution is -1.84. The van der Waals surface area contributed by atoms with Gasteiger partial charge in [-0.3, -0.25) is 4.68 Å². The normalized spacial score (nSPS) is 10.8. The molecule has 4 heteroatoms. The van der Waals surface area contributed by atoms with Crippen LogP contribution in [0.3, 0.4) is 0 Å². The Morgan fingerprint density at radius 2 is 2.25 bits per heavy atom. The monoisotopic (exact) mass is 226 g/mol. The Bertz CT molecular complexity index is 436. The van der Waals surface area contributed by atoms with E-state index < -0.39 is 0 Å². The molecule has 0 saturated carbocycles. The van der Waals surface area contributed by atoms with Crippen molar-refractivity contribution in [3.8, 4) is 5.75 Å². The van der Waals surface area contributed by atoms with Gasteiger partial charge >= 0.3 is 0 Å². The van der Waals surface area contributed by atoms with Crippen LogP contribution in [0.15, 0.2) is 22.8 Å². The molecule has 1 aromatic heterocycles. The number of benzene rings is 1. The van der Waals surface area contributed by atoms with Crippen molar-refractivity contribution in [2.24, 2.45) is 7.05 Å². The van der Waals surface area contributed by atoms with Crippen LogP contribution in [-0.2, 0) is 7.05 Å². The van der Waals surface area contributed by atoms with E-state index >= 15 is 0 Å². The maximum absolute atomic E-state index is 9.48. The van der Waals surface area contributed by atoms with Crippen LogP contribution in [0.25, 0.3) is 10.9 Å². The Hall–Kier alpha value is -1.03. The number of aryl methyl sites for hydroxylation is 1. The molecule has 0 aliphatic rings. The molecule has 1 aromatic carbocycles. The Morgan fingerprint density at radius 3 is 3.00 bits per heavy atom. The number of hydrogen-bond acceptors (Lipinski definition) is 2. The Morgan fingerprint density at radius 1 is 1.50 bits per heavy atom. The quantitative estimate of drug-likeness (QED) is 0.747. The molecule has 62 valence electrons. The molecule has 0 unspecified atom stereocenters. The second-order valence-electron chi connectivity index (χ2n) is 2.66. The molecular formula is C8H7BrN2O. The first-order valence-corrected chi connectivity index (χ1v) is 4.28. The van der Waals surface area contributed by atoms with Gasteiger partial charge in [0, 0.05) is 17.7 Å². The third-order valence-corrected chi connectivity index (χ3v) is 2.14. The third kappa shape index (κ3) is 1.08. The molecule has 0 spiro atoms. The first-order chi connectivity index (χ1) is 5.66. The average Bonchev–Trinajstić information content (AvgIpc) is 2.29. The largest absolute Gasteiger partial charge is 0.507 e. The van der Waals surface area contributed by atoms with Gasteiger partial charge in [0.25, 0.3) is 0 Å². The average molecular weight is 227 g/mol. The van der Waals surface area contributed by atoms with Crippen LogP contribution in [0, 0.1) is 0 Å². The summed E-state index contributed by atoms with van der Waals surface area (Å²) >= 11 is 3.28. The molecule has 0 bridgehead atoms. The van der Waals surface area contributed by atoms with Crippen LogP contribution in [0.5, 0.6) is 5.75 Å². The van der Waals surface area contributed by atoms with E-state index in [1.165, 1.54) is 0 Å². The van der Waals surface area contributed by atoms with Crippen LogP contribution in [0.1, 0.15) is 0 Å². The lowest BCUT2D eigenvalue weighted by atomic mass is 10.2. The van der Waals surface area contributed by atoms with Crippen LogP contribution in [-0.4, -0.2) is 14.9 Å². The number of phenolic OH excluding ortho intramolecular Hbond substituents is 1. The zero-order valence-electron chi connectivity index (χ0n) is 6.45. The van der Waals surface area contributed by atoms with E-state index in [-0.39, 0.29) is 5.75 Å². The molecule has 12 heavy (non-hydrogen) atoms.